The number of halogens is 3. The van der Waals surface area contributed by atoms with Gasteiger partial charge in [0, 0.05) is 44.5 Å². The highest BCUT2D eigenvalue weighted by Crippen LogP contribution is 2.29. The maximum atomic E-state index is 12.6. The summed E-state index contributed by atoms with van der Waals surface area (Å²) in [4.78, 5) is 20.9. The van der Waals surface area contributed by atoms with Crippen LogP contribution in [-0.2, 0) is 12.7 Å². The fraction of sp³-hybridized carbons (Fsp3) is 0.368. The minimum atomic E-state index is -4.39. The summed E-state index contributed by atoms with van der Waals surface area (Å²) in [5.74, 6) is -0.224. The largest absolute Gasteiger partial charge is 0.416 e. The molecule has 138 valence electrons. The van der Waals surface area contributed by atoms with Gasteiger partial charge in [0.15, 0.2) is 0 Å². The van der Waals surface area contributed by atoms with Crippen molar-refractivity contribution in [2.75, 3.05) is 26.2 Å². The van der Waals surface area contributed by atoms with E-state index in [9.17, 15) is 18.0 Å². The second-order valence-electron chi connectivity index (χ2n) is 6.32. The zero-order valence-electron chi connectivity index (χ0n) is 14.2. The van der Waals surface area contributed by atoms with Crippen molar-refractivity contribution < 1.29 is 18.0 Å². The number of carbonyl (C=O) groups is 1. The fourth-order valence-electron chi connectivity index (χ4n) is 3.04. The van der Waals surface area contributed by atoms with Crippen molar-refractivity contribution in [3.05, 3.63) is 65.5 Å². The first kappa shape index (κ1) is 18.4. The molecule has 0 aliphatic carbocycles. The molecule has 0 spiro atoms. The van der Waals surface area contributed by atoms with E-state index in [1.54, 1.807) is 11.1 Å². The number of aromatic nitrogens is 1. The summed E-state index contributed by atoms with van der Waals surface area (Å²) in [7, 11) is 0. The van der Waals surface area contributed by atoms with Gasteiger partial charge in [0.2, 0.25) is 0 Å². The van der Waals surface area contributed by atoms with Crippen molar-refractivity contribution >= 4 is 5.91 Å². The van der Waals surface area contributed by atoms with Crippen LogP contribution in [0.15, 0.2) is 48.7 Å². The van der Waals surface area contributed by atoms with Crippen LogP contribution in [0.5, 0.6) is 0 Å². The molecular formula is C19H20F3N3O. The molecule has 0 bridgehead atoms. The predicted octanol–water partition coefficient (Wildman–Crippen LogP) is 3.45. The second-order valence-corrected chi connectivity index (χ2v) is 6.32. The van der Waals surface area contributed by atoms with Crippen LogP contribution in [-0.4, -0.2) is 46.9 Å². The summed E-state index contributed by atoms with van der Waals surface area (Å²) in [5.41, 5.74) is 0.526. The van der Waals surface area contributed by atoms with Crippen LogP contribution in [0.25, 0.3) is 0 Å². The summed E-state index contributed by atoms with van der Waals surface area (Å²) < 4.78 is 37.9. The molecule has 1 aromatic heterocycles. The second kappa shape index (κ2) is 7.86. The molecule has 1 aliphatic rings. The van der Waals surface area contributed by atoms with Gasteiger partial charge in [0.25, 0.3) is 5.91 Å². The molecule has 1 fully saturated rings. The number of benzene rings is 1. The number of hydrogen-bond donors (Lipinski definition) is 0. The van der Waals surface area contributed by atoms with Crippen LogP contribution in [0.4, 0.5) is 13.2 Å². The number of hydrogen-bond acceptors (Lipinski definition) is 3. The van der Waals surface area contributed by atoms with Crippen LogP contribution in [0.1, 0.15) is 28.0 Å². The van der Waals surface area contributed by atoms with Gasteiger partial charge in [0.05, 0.1) is 11.3 Å². The normalized spacial score (nSPS) is 16.3. The molecule has 1 aliphatic heterocycles. The standard InChI is InChI=1S/C19H20F3N3O/c20-19(21,22)16-7-5-15(6-8-16)18(26)25-11-3-10-24(12-13-25)14-17-4-1-2-9-23-17/h1-2,4-9H,3,10-14H2. The molecule has 0 radical (unpaired) electrons. The van der Waals surface area contributed by atoms with Crippen molar-refractivity contribution in [1.82, 2.24) is 14.8 Å². The molecule has 2 aromatic rings. The fourth-order valence-corrected chi connectivity index (χ4v) is 3.04. The Bertz CT molecular complexity index is 732. The molecule has 0 N–H and O–H groups in total. The Labute approximate surface area is 150 Å². The summed E-state index contributed by atoms with van der Waals surface area (Å²) in [6, 6.07) is 10.2. The highest BCUT2D eigenvalue weighted by atomic mass is 19.4. The third-order valence-corrected chi connectivity index (χ3v) is 4.45. The molecule has 1 amide bonds. The average Bonchev–Trinajstić information content (AvgIpc) is 2.87. The Hall–Kier alpha value is -2.41. The molecule has 7 heteroatoms. The lowest BCUT2D eigenvalue weighted by Gasteiger charge is -2.22. The molecule has 26 heavy (non-hydrogen) atoms. The molecule has 3 rings (SSSR count). The predicted molar refractivity (Wildman–Crippen MR) is 91.5 cm³/mol. The van der Waals surface area contributed by atoms with Gasteiger partial charge in [0.1, 0.15) is 0 Å². The molecule has 2 heterocycles. The SMILES string of the molecule is O=C(c1ccc(C(F)(F)F)cc1)N1CCCN(Cc2ccccn2)CC1. The molecule has 4 nitrogen and oxygen atoms in total. The Morgan fingerprint density at radius 1 is 1.00 bits per heavy atom. The highest BCUT2D eigenvalue weighted by molar-refractivity contribution is 5.94. The van der Waals surface area contributed by atoms with Gasteiger partial charge >= 0.3 is 6.18 Å². The van der Waals surface area contributed by atoms with Gasteiger partial charge in [-0.2, -0.15) is 13.2 Å². The van der Waals surface area contributed by atoms with E-state index in [2.05, 4.69) is 9.88 Å². The van der Waals surface area contributed by atoms with E-state index >= 15 is 0 Å². The van der Waals surface area contributed by atoms with E-state index in [1.807, 2.05) is 18.2 Å². The average molecular weight is 363 g/mol. The monoisotopic (exact) mass is 363 g/mol. The molecule has 0 saturated carbocycles. The quantitative estimate of drug-likeness (QED) is 0.838. The summed E-state index contributed by atoms with van der Waals surface area (Å²) in [6.45, 7) is 3.44. The van der Waals surface area contributed by atoms with Crippen molar-refractivity contribution in [2.24, 2.45) is 0 Å². The van der Waals surface area contributed by atoms with Crippen molar-refractivity contribution in [1.29, 1.82) is 0 Å². The van der Waals surface area contributed by atoms with Gasteiger partial charge in [-0.1, -0.05) is 6.07 Å². The van der Waals surface area contributed by atoms with Crippen molar-refractivity contribution in [3.8, 4) is 0 Å². The van der Waals surface area contributed by atoms with E-state index in [1.165, 1.54) is 12.1 Å². The number of nitrogens with zero attached hydrogens (tertiary/aromatic N) is 3. The Kier molecular flexibility index (Phi) is 5.56. The van der Waals surface area contributed by atoms with E-state index in [0.29, 0.717) is 19.6 Å². The van der Waals surface area contributed by atoms with Gasteiger partial charge < -0.3 is 4.90 Å². The lowest BCUT2D eigenvalue weighted by molar-refractivity contribution is -0.137. The smallest absolute Gasteiger partial charge is 0.337 e. The van der Waals surface area contributed by atoms with E-state index in [0.717, 1.165) is 37.3 Å². The number of carbonyl (C=O) groups excluding carboxylic acids is 1. The Morgan fingerprint density at radius 3 is 2.42 bits per heavy atom. The Morgan fingerprint density at radius 2 is 1.77 bits per heavy atom. The number of amides is 1. The highest BCUT2D eigenvalue weighted by Gasteiger charge is 2.30. The van der Waals surface area contributed by atoms with Crippen LogP contribution in [0.3, 0.4) is 0 Å². The number of alkyl halides is 3. The third kappa shape index (κ3) is 4.60. The lowest BCUT2D eigenvalue weighted by Crippen LogP contribution is -2.35. The molecule has 0 atom stereocenters. The Balaban J connectivity index is 1.60. The van der Waals surface area contributed by atoms with Crippen LogP contribution < -0.4 is 0 Å². The summed E-state index contributed by atoms with van der Waals surface area (Å²) in [6.07, 6.45) is -1.82. The molecule has 1 aromatic carbocycles. The van der Waals surface area contributed by atoms with Gasteiger partial charge in [-0.05, 0) is 42.8 Å². The topological polar surface area (TPSA) is 36.4 Å². The van der Waals surface area contributed by atoms with E-state index in [4.69, 9.17) is 0 Å². The zero-order chi connectivity index (χ0) is 18.6. The minimum Gasteiger partial charge on any atom is -0.337 e. The first-order chi connectivity index (χ1) is 12.4. The van der Waals surface area contributed by atoms with Gasteiger partial charge in [-0.3, -0.25) is 14.7 Å². The van der Waals surface area contributed by atoms with Crippen LogP contribution >= 0.6 is 0 Å². The summed E-state index contributed by atoms with van der Waals surface area (Å²) in [5, 5.41) is 0. The zero-order valence-corrected chi connectivity index (χ0v) is 14.2. The molecule has 0 unspecified atom stereocenters. The number of rotatable bonds is 3. The van der Waals surface area contributed by atoms with E-state index in [-0.39, 0.29) is 11.5 Å². The van der Waals surface area contributed by atoms with Crippen LogP contribution in [0.2, 0.25) is 0 Å². The molecule has 1 saturated heterocycles. The maximum Gasteiger partial charge on any atom is 0.416 e. The van der Waals surface area contributed by atoms with Crippen molar-refractivity contribution in [2.45, 2.75) is 19.1 Å². The first-order valence-corrected chi connectivity index (χ1v) is 8.52. The maximum absolute atomic E-state index is 12.6. The van der Waals surface area contributed by atoms with Crippen molar-refractivity contribution in [3.63, 3.8) is 0 Å². The van der Waals surface area contributed by atoms with E-state index < -0.39 is 11.7 Å². The van der Waals surface area contributed by atoms with Gasteiger partial charge in [-0.15, -0.1) is 0 Å². The number of pyridine rings is 1. The van der Waals surface area contributed by atoms with Crippen LogP contribution in [0, 0.1) is 0 Å². The summed E-state index contributed by atoms with van der Waals surface area (Å²) >= 11 is 0. The lowest BCUT2D eigenvalue weighted by atomic mass is 10.1. The van der Waals surface area contributed by atoms with Gasteiger partial charge in [-0.25, -0.2) is 0 Å². The first-order valence-electron chi connectivity index (χ1n) is 8.52. The minimum absolute atomic E-state index is 0.224. The molecular weight excluding hydrogens is 343 g/mol. The third-order valence-electron chi connectivity index (χ3n) is 4.45.